The molecule has 3 N–H and O–H groups in total. The molecule has 0 spiro atoms. The first-order valence-electron chi connectivity index (χ1n) is 18.6. The van der Waals surface area contributed by atoms with Crippen LogP contribution in [0.3, 0.4) is 0 Å². The number of carbonyl (C=O) groups excluding carboxylic acids is 1. The Kier molecular flexibility index (Phi) is 8.66. The van der Waals surface area contributed by atoms with Crippen molar-refractivity contribution >= 4 is 5.78 Å². The van der Waals surface area contributed by atoms with Crippen molar-refractivity contribution in [1.29, 1.82) is 0 Å². The highest BCUT2D eigenvalue weighted by Gasteiger charge is 2.69. The molecule has 12 atom stereocenters. The second kappa shape index (κ2) is 12.1. The average Bonchev–Trinajstić information content (AvgIpc) is 3.76. The smallest absolute Gasteiger partial charge is 0.159 e. The van der Waals surface area contributed by atoms with Crippen LogP contribution >= 0.6 is 0 Å². The van der Waals surface area contributed by atoms with E-state index in [1.165, 1.54) is 31.2 Å². The van der Waals surface area contributed by atoms with Crippen molar-refractivity contribution in [3.8, 4) is 0 Å². The third-order valence-electron chi connectivity index (χ3n) is 14.9. The van der Waals surface area contributed by atoms with Crippen LogP contribution in [-0.2, 0) is 20.7 Å². The fourth-order valence-electron chi connectivity index (χ4n) is 12.0. The SMILES string of the molecule is C[C@H]1[C@@H]([C@@H](O)[C@@](C)(O)[C@H]2CC[C@@]3(O)C4=CC(=O)[C@@H]5C[C@@H](OCCc6ccccc6)CC[C@]5(C)[C@H]4CC[C@]23C)OC[C@@H]1C1CCCC1. The predicted octanol–water partition coefficient (Wildman–Crippen LogP) is 6.44. The number of ketones is 1. The Morgan fingerprint density at radius 2 is 1.76 bits per heavy atom. The lowest BCUT2D eigenvalue weighted by atomic mass is 9.46. The molecule has 254 valence electrons. The molecule has 1 aliphatic heterocycles. The Labute approximate surface area is 276 Å². The van der Waals surface area contributed by atoms with Gasteiger partial charge in [0.2, 0.25) is 0 Å². The minimum absolute atomic E-state index is 0.0820. The van der Waals surface area contributed by atoms with Crippen molar-refractivity contribution in [3.63, 3.8) is 0 Å². The molecule has 5 fully saturated rings. The topological polar surface area (TPSA) is 96.2 Å². The van der Waals surface area contributed by atoms with E-state index in [9.17, 15) is 20.1 Å². The number of allylic oxidation sites excluding steroid dienone is 1. The molecular formula is C40H58O6. The van der Waals surface area contributed by atoms with Gasteiger partial charge >= 0.3 is 0 Å². The average molecular weight is 635 g/mol. The molecule has 4 saturated carbocycles. The van der Waals surface area contributed by atoms with Crippen molar-refractivity contribution in [1.82, 2.24) is 0 Å². The van der Waals surface area contributed by atoms with Crippen molar-refractivity contribution in [2.45, 2.75) is 134 Å². The van der Waals surface area contributed by atoms with Crippen LogP contribution in [0.25, 0.3) is 0 Å². The van der Waals surface area contributed by atoms with Crippen LogP contribution in [0.15, 0.2) is 42.0 Å². The van der Waals surface area contributed by atoms with Crippen LogP contribution in [-0.4, -0.2) is 63.8 Å². The number of aliphatic hydroxyl groups is 3. The number of ether oxygens (including phenoxy) is 2. The summed E-state index contributed by atoms with van der Waals surface area (Å²) in [4.78, 5) is 14.0. The van der Waals surface area contributed by atoms with Crippen LogP contribution in [0.5, 0.6) is 0 Å². The molecule has 46 heavy (non-hydrogen) atoms. The summed E-state index contributed by atoms with van der Waals surface area (Å²) >= 11 is 0. The summed E-state index contributed by atoms with van der Waals surface area (Å²) in [5, 5.41) is 36.8. The molecular weight excluding hydrogens is 576 g/mol. The van der Waals surface area contributed by atoms with Crippen LogP contribution in [0.2, 0.25) is 0 Å². The normalized spacial score (nSPS) is 44.6. The number of rotatable bonds is 8. The quantitative estimate of drug-likeness (QED) is 0.305. The van der Waals surface area contributed by atoms with Gasteiger partial charge in [0.15, 0.2) is 5.78 Å². The third kappa shape index (κ3) is 5.11. The predicted molar refractivity (Wildman–Crippen MR) is 178 cm³/mol. The summed E-state index contributed by atoms with van der Waals surface area (Å²) in [6.45, 7) is 9.68. The van der Waals surface area contributed by atoms with E-state index >= 15 is 0 Å². The lowest BCUT2D eigenvalue weighted by Gasteiger charge is -2.60. The van der Waals surface area contributed by atoms with E-state index in [1.807, 2.05) is 12.1 Å². The first-order valence-corrected chi connectivity index (χ1v) is 18.6. The molecule has 0 aromatic heterocycles. The third-order valence-corrected chi connectivity index (χ3v) is 14.9. The molecule has 0 radical (unpaired) electrons. The second-order valence-electron chi connectivity index (χ2n) is 17.1. The Bertz CT molecular complexity index is 1300. The lowest BCUT2D eigenvalue weighted by molar-refractivity contribution is -0.193. The second-order valence-corrected chi connectivity index (χ2v) is 17.1. The number of benzene rings is 1. The highest BCUT2D eigenvalue weighted by atomic mass is 16.5. The van der Waals surface area contributed by atoms with E-state index < -0.39 is 28.8 Å². The number of hydrogen-bond donors (Lipinski definition) is 3. The lowest BCUT2D eigenvalue weighted by Crippen LogP contribution is -2.63. The molecule has 1 aromatic carbocycles. The molecule has 5 aliphatic carbocycles. The van der Waals surface area contributed by atoms with Gasteiger partial charge in [-0.3, -0.25) is 4.79 Å². The molecule has 0 amide bonds. The van der Waals surface area contributed by atoms with E-state index in [0.717, 1.165) is 44.1 Å². The molecule has 7 rings (SSSR count). The molecule has 1 aromatic rings. The molecule has 6 aliphatic rings. The van der Waals surface area contributed by atoms with Gasteiger partial charge in [0.25, 0.3) is 0 Å². The largest absolute Gasteiger partial charge is 0.387 e. The van der Waals surface area contributed by atoms with Gasteiger partial charge in [-0.1, -0.05) is 76.8 Å². The van der Waals surface area contributed by atoms with Crippen molar-refractivity contribution in [2.24, 2.45) is 46.3 Å². The molecule has 1 saturated heterocycles. The maximum atomic E-state index is 14.0. The highest BCUT2D eigenvalue weighted by molar-refractivity contribution is 5.95. The minimum atomic E-state index is -1.42. The van der Waals surface area contributed by atoms with Gasteiger partial charge in [0.05, 0.1) is 36.6 Å². The Morgan fingerprint density at radius 1 is 1.02 bits per heavy atom. The van der Waals surface area contributed by atoms with E-state index in [-0.39, 0.29) is 41.0 Å². The zero-order valence-corrected chi connectivity index (χ0v) is 28.6. The first-order chi connectivity index (χ1) is 21.9. The molecule has 0 unspecified atom stereocenters. The van der Waals surface area contributed by atoms with Crippen LogP contribution in [0.1, 0.15) is 104 Å². The summed E-state index contributed by atoms with van der Waals surface area (Å²) in [5.74, 6) is 1.13. The van der Waals surface area contributed by atoms with Gasteiger partial charge in [-0.05, 0) is 111 Å². The number of carbonyl (C=O) groups is 1. The highest BCUT2D eigenvalue weighted by Crippen LogP contribution is 2.69. The fourth-order valence-corrected chi connectivity index (χ4v) is 12.0. The van der Waals surface area contributed by atoms with Gasteiger partial charge in [0, 0.05) is 11.3 Å². The van der Waals surface area contributed by atoms with Gasteiger partial charge in [-0.25, -0.2) is 0 Å². The summed E-state index contributed by atoms with van der Waals surface area (Å²) in [5.41, 5.74) is -1.29. The Balaban J connectivity index is 1.07. The number of fused-ring (bicyclic) bond motifs is 5. The van der Waals surface area contributed by atoms with Crippen molar-refractivity contribution in [3.05, 3.63) is 47.5 Å². The standard InChI is InChI=1S/C40H58O6/c1-25-29(27-12-8-9-13-27)24-46-35(25)36(42)39(4,43)34-16-20-40(44)31-23-33(41)32-22-28(45-21-17-26-10-6-5-7-11-26)14-18-37(32,2)30(31)15-19-38(34,40)3/h5-7,10-11,23,25,27-30,32,34-36,42-44H,8-9,12-22,24H2,1-4H3/t25-,28+,29+,30+,32+,34+,35+,36-,37-,38-,39+,40-/m1/s1. The minimum Gasteiger partial charge on any atom is -0.387 e. The van der Waals surface area contributed by atoms with Gasteiger partial charge < -0.3 is 24.8 Å². The Morgan fingerprint density at radius 3 is 2.50 bits per heavy atom. The molecule has 0 bridgehead atoms. The van der Waals surface area contributed by atoms with E-state index in [4.69, 9.17) is 9.47 Å². The summed E-state index contributed by atoms with van der Waals surface area (Å²) in [6.07, 6.45) is 11.7. The van der Waals surface area contributed by atoms with Crippen LogP contribution in [0, 0.1) is 46.3 Å². The summed E-state index contributed by atoms with van der Waals surface area (Å²) in [7, 11) is 0. The van der Waals surface area contributed by atoms with Crippen LogP contribution < -0.4 is 0 Å². The van der Waals surface area contributed by atoms with Crippen molar-refractivity contribution < 1.29 is 29.6 Å². The van der Waals surface area contributed by atoms with Crippen molar-refractivity contribution in [2.75, 3.05) is 13.2 Å². The van der Waals surface area contributed by atoms with E-state index in [2.05, 4.69) is 45.0 Å². The molecule has 1 heterocycles. The van der Waals surface area contributed by atoms with Gasteiger partial charge in [0.1, 0.15) is 6.10 Å². The summed E-state index contributed by atoms with van der Waals surface area (Å²) in [6, 6.07) is 10.4. The Hall–Kier alpha value is -1.57. The molecule has 6 nitrogen and oxygen atoms in total. The number of aliphatic hydroxyl groups excluding tert-OH is 1. The zero-order valence-electron chi connectivity index (χ0n) is 28.6. The summed E-state index contributed by atoms with van der Waals surface area (Å²) < 4.78 is 12.6. The van der Waals surface area contributed by atoms with Crippen LogP contribution in [0.4, 0.5) is 0 Å². The monoisotopic (exact) mass is 634 g/mol. The van der Waals surface area contributed by atoms with Gasteiger partial charge in [-0.15, -0.1) is 0 Å². The van der Waals surface area contributed by atoms with E-state index in [1.54, 1.807) is 6.92 Å². The van der Waals surface area contributed by atoms with Gasteiger partial charge in [-0.2, -0.15) is 0 Å². The molecule has 6 heteroatoms. The maximum absolute atomic E-state index is 14.0. The number of hydrogen-bond acceptors (Lipinski definition) is 6. The van der Waals surface area contributed by atoms with E-state index in [0.29, 0.717) is 37.9 Å². The fraction of sp³-hybridized carbons (Fsp3) is 0.775. The first kappa shape index (κ1) is 33.0. The maximum Gasteiger partial charge on any atom is 0.159 e. The zero-order chi connectivity index (χ0) is 32.5.